The third-order valence-electron chi connectivity index (χ3n) is 3.82. The third kappa shape index (κ3) is 4.64. The smallest absolute Gasteiger partial charge is 0.0108 e. The fraction of sp³-hybridized carbons (Fsp3) is 1.00. The largest absolute Gasteiger partial charge is 0.313 e. The van der Waals surface area contributed by atoms with E-state index in [9.17, 15) is 0 Å². The van der Waals surface area contributed by atoms with Crippen LogP contribution >= 0.6 is 11.8 Å². The lowest BCUT2D eigenvalue weighted by Crippen LogP contribution is -2.40. The van der Waals surface area contributed by atoms with Crippen molar-refractivity contribution in [3.05, 3.63) is 0 Å². The maximum absolute atomic E-state index is 3.76. The van der Waals surface area contributed by atoms with Crippen molar-refractivity contribution in [2.24, 2.45) is 0 Å². The van der Waals surface area contributed by atoms with Crippen LogP contribution in [0.2, 0.25) is 0 Å². The molecule has 0 spiro atoms. The quantitative estimate of drug-likeness (QED) is 0.762. The van der Waals surface area contributed by atoms with E-state index in [2.05, 4.69) is 22.0 Å². The first-order valence-corrected chi connectivity index (χ1v) is 8.14. The molecule has 3 heteroatoms. The van der Waals surface area contributed by atoms with Gasteiger partial charge >= 0.3 is 0 Å². The lowest BCUT2D eigenvalue weighted by molar-refractivity contribution is 0.291. The van der Waals surface area contributed by atoms with E-state index in [1.165, 1.54) is 76.2 Å². The molecule has 1 aliphatic heterocycles. The second-order valence-electron chi connectivity index (χ2n) is 5.10. The normalized spacial score (nSPS) is 25.5. The highest BCUT2D eigenvalue weighted by Gasteiger charge is 2.13. The first-order valence-electron chi connectivity index (χ1n) is 6.98. The average molecular weight is 242 g/mol. The second kappa shape index (κ2) is 7.57. The van der Waals surface area contributed by atoms with Crippen LogP contribution in [0.5, 0.6) is 0 Å². The summed E-state index contributed by atoms with van der Waals surface area (Å²) in [6, 6.07) is 0.821. The van der Waals surface area contributed by atoms with Crippen LogP contribution in [-0.2, 0) is 0 Å². The van der Waals surface area contributed by atoms with Crippen LogP contribution < -0.4 is 5.32 Å². The molecular weight excluding hydrogens is 216 g/mol. The van der Waals surface area contributed by atoms with Gasteiger partial charge in [0.2, 0.25) is 0 Å². The molecule has 1 saturated heterocycles. The van der Waals surface area contributed by atoms with Gasteiger partial charge in [-0.1, -0.05) is 25.7 Å². The molecule has 0 aromatic heterocycles. The molecule has 0 aromatic carbocycles. The molecule has 0 atom stereocenters. The molecule has 2 fully saturated rings. The Morgan fingerprint density at radius 2 is 1.69 bits per heavy atom. The van der Waals surface area contributed by atoms with Crippen molar-refractivity contribution >= 4 is 11.8 Å². The average Bonchev–Trinajstić information content (AvgIpc) is 2.59. The molecule has 2 aliphatic rings. The number of rotatable bonds is 4. The third-order valence-corrected chi connectivity index (χ3v) is 4.76. The van der Waals surface area contributed by atoms with Gasteiger partial charge in [0.25, 0.3) is 0 Å². The summed E-state index contributed by atoms with van der Waals surface area (Å²) in [6.45, 7) is 5.07. The highest BCUT2D eigenvalue weighted by atomic mass is 32.2. The fourth-order valence-corrected chi connectivity index (χ4v) is 3.71. The van der Waals surface area contributed by atoms with E-state index < -0.39 is 0 Å². The van der Waals surface area contributed by atoms with Crippen molar-refractivity contribution < 1.29 is 0 Å². The Hall–Kier alpha value is 0.270. The molecule has 0 unspecified atom stereocenters. The van der Waals surface area contributed by atoms with Crippen molar-refractivity contribution in [1.29, 1.82) is 0 Å². The van der Waals surface area contributed by atoms with Crippen molar-refractivity contribution in [3.63, 3.8) is 0 Å². The molecule has 94 valence electrons. The second-order valence-corrected chi connectivity index (χ2v) is 6.32. The summed E-state index contributed by atoms with van der Waals surface area (Å²) < 4.78 is 0. The van der Waals surface area contributed by atoms with E-state index in [0.29, 0.717) is 0 Å². The minimum Gasteiger partial charge on any atom is -0.313 e. The van der Waals surface area contributed by atoms with Crippen molar-refractivity contribution in [2.75, 3.05) is 37.7 Å². The van der Waals surface area contributed by atoms with Gasteiger partial charge in [-0.15, -0.1) is 0 Å². The fourth-order valence-electron chi connectivity index (χ4n) is 2.74. The Balaban J connectivity index is 1.55. The summed E-state index contributed by atoms with van der Waals surface area (Å²) in [5.74, 6) is 2.67. The Kier molecular flexibility index (Phi) is 6.02. The number of hydrogen-bond donors (Lipinski definition) is 1. The van der Waals surface area contributed by atoms with Crippen LogP contribution in [0.15, 0.2) is 0 Å². The molecule has 16 heavy (non-hydrogen) atoms. The Morgan fingerprint density at radius 3 is 2.38 bits per heavy atom. The minimum absolute atomic E-state index is 0.821. The van der Waals surface area contributed by atoms with Crippen LogP contribution in [0.3, 0.4) is 0 Å². The number of thioether (sulfide) groups is 1. The van der Waals surface area contributed by atoms with Gasteiger partial charge in [-0.3, -0.25) is 0 Å². The van der Waals surface area contributed by atoms with E-state index in [0.717, 1.165) is 6.04 Å². The van der Waals surface area contributed by atoms with E-state index >= 15 is 0 Å². The zero-order chi connectivity index (χ0) is 11.1. The molecule has 2 nitrogen and oxygen atoms in total. The van der Waals surface area contributed by atoms with Gasteiger partial charge in [0.15, 0.2) is 0 Å². The van der Waals surface area contributed by atoms with E-state index in [4.69, 9.17) is 0 Å². The standard InChI is InChI=1S/C13H26N2S/c1-2-4-6-13(5-3-1)14-7-8-15-9-11-16-12-10-15/h13-14H,1-12H2. The Bertz CT molecular complexity index is 173. The minimum atomic E-state index is 0.821. The van der Waals surface area contributed by atoms with Gasteiger partial charge in [-0.05, 0) is 12.8 Å². The van der Waals surface area contributed by atoms with E-state index in [-0.39, 0.29) is 0 Å². The highest BCUT2D eigenvalue weighted by molar-refractivity contribution is 7.99. The SMILES string of the molecule is C1CCCC(NCCN2CCSCC2)CC1. The summed E-state index contributed by atoms with van der Waals surface area (Å²) in [7, 11) is 0. The molecular formula is C13H26N2S. The summed E-state index contributed by atoms with van der Waals surface area (Å²) >= 11 is 2.10. The molecule has 1 heterocycles. The zero-order valence-corrected chi connectivity index (χ0v) is 11.2. The van der Waals surface area contributed by atoms with Crippen molar-refractivity contribution in [2.45, 2.75) is 44.6 Å². The summed E-state index contributed by atoms with van der Waals surface area (Å²) in [5.41, 5.74) is 0. The molecule has 0 amide bonds. The molecule has 0 bridgehead atoms. The maximum atomic E-state index is 3.76. The molecule has 1 saturated carbocycles. The van der Waals surface area contributed by atoms with Gasteiger partial charge in [0, 0.05) is 43.7 Å². The van der Waals surface area contributed by atoms with Crippen LogP contribution in [0.1, 0.15) is 38.5 Å². The first kappa shape index (κ1) is 12.7. The topological polar surface area (TPSA) is 15.3 Å². The van der Waals surface area contributed by atoms with Gasteiger partial charge < -0.3 is 10.2 Å². The molecule has 1 N–H and O–H groups in total. The van der Waals surface area contributed by atoms with Gasteiger partial charge in [-0.25, -0.2) is 0 Å². The molecule has 0 radical (unpaired) electrons. The predicted octanol–water partition coefficient (Wildman–Crippen LogP) is 2.35. The predicted molar refractivity (Wildman–Crippen MR) is 73.3 cm³/mol. The summed E-state index contributed by atoms with van der Waals surface area (Å²) in [5, 5.41) is 3.76. The first-order chi connectivity index (χ1) is 7.95. The van der Waals surface area contributed by atoms with Gasteiger partial charge in [0.1, 0.15) is 0 Å². The highest BCUT2D eigenvalue weighted by Crippen LogP contribution is 2.17. The molecule has 2 rings (SSSR count). The molecule has 1 aliphatic carbocycles. The van der Waals surface area contributed by atoms with Crippen molar-refractivity contribution in [1.82, 2.24) is 10.2 Å². The number of nitrogens with one attached hydrogen (secondary N) is 1. The number of hydrogen-bond acceptors (Lipinski definition) is 3. The van der Waals surface area contributed by atoms with E-state index in [1.807, 2.05) is 0 Å². The van der Waals surface area contributed by atoms with Crippen LogP contribution in [0, 0.1) is 0 Å². The van der Waals surface area contributed by atoms with Gasteiger partial charge in [0.05, 0.1) is 0 Å². The Morgan fingerprint density at radius 1 is 1.00 bits per heavy atom. The van der Waals surface area contributed by atoms with E-state index in [1.54, 1.807) is 0 Å². The van der Waals surface area contributed by atoms with Crippen LogP contribution in [0.4, 0.5) is 0 Å². The van der Waals surface area contributed by atoms with Crippen molar-refractivity contribution in [3.8, 4) is 0 Å². The number of nitrogens with zero attached hydrogens (tertiary/aromatic N) is 1. The lowest BCUT2D eigenvalue weighted by atomic mass is 10.1. The summed E-state index contributed by atoms with van der Waals surface area (Å²) in [4.78, 5) is 2.61. The lowest BCUT2D eigenvalue weighted by Gasteiger charge is -2.27. The van der Waals surface area contributed by atoms with Crippen LogP contribution in [-0.4, -0.2) is 48.6 Å². The zero-order valence-electron chi connectivity index (χ0n) is 10.4. The molecule has 0 aromatic rings. The van der Waals surface area contributed by atoms with Gasteiger partial charge in [-0.2, -0.15) is 11.8 Å². The van der Waals surface area contributed by atoms with Crippen LogP contribution in [0.25, 0.3) is 0 Å². The maximum Gasteiger partial charge on any atom is 0.0108 e. The monoisotopic (exact) mass is 242 g/mol. The summed E-state index contributed by atoms with van der Waals surface area (Å²) in [6.07, 6.45) is 8.63. The Labute approximate surface area is 105 Å².